The molecule has 21 heavy (non-hydrogen) atoms. The zero-order valence-corrected chi connectivity index (χ0v) is 12.0. The Balaban J connectivity index is 2.25. The van der Waals surface area contributed by atoms with Crippen LogP contribution in [0.1, 0.15) is 27.0 Å². The molecule has 0 fully saturated rings. The van der Waals surface area contributed by atoms with E-state index in [1.54, 1.807) is 29.2 Å². The molecule has 0 aromatic heterocycles. The number of carboxylic acids is 1. The number of rotatable bonds is 5. The summed E-state index contributed by atoms with van der Waals surface area (Å²) in [6, 6.07) is 12.4. The summed E-state index contributed by atoms with van der Waals surface area (Å²) in [7, 11) is 0. The molecule has 0 atom stereocenters. The first-order valence-electron chi connectivity index (χ1n) is 6.63. The molecule has 0 aliphatic heterocycles. The third-order valence-electron chi connectivity index (χ3n) is 3.57. The average Bonchev–Trinajstić information content (AvgIpc) is 2.48. The number of anilines is 1. The van der Waals surface area contributed by atoms with Gasteiger partial charge >= 0.3 is 5.97 Å². The number of aromatic carboxylic acids is 1. The van der Waals surface area contributed by atoms with E-state index < -0.39 is 5.97 Å². The highest BCUT2D eigenvalue weighted by Crippen LogP contribution is 2.23. The van der Waals surface area contributed by atoms with Gasteiger partial charge in [0.2, 0.25) is 6.41 Å². The SMILES string of the molecule is Cc1cccc(N(C=O)Cc2ccc(C(=O)O)cc2)c1C. The van der Waals surface area contributed by atoms with Gasteiger partial charge in [0.15, 0.2) is 0 Å². The van der Waals surface area contributed by atoms with Crippen molar-refractivity contribution in [1.82, 2.24) is 0 Å². The van der Waals surface area contributed by atoms with Crippen LogP contribution >= 0.6 is 0 Å². The van der Waals surface area contributed by atoms with Crippen molar-refractivity contribution in [2.45, 2.75) is 20.4 Å². The van der Waals surface area contributed by atoms with Gasteiger partial charge in [0.1, 0.15) is 0 Å². The van der Waals surface area contributed by atoms with Crippen molar-refractivity contribution in [3.05, 3.63) is 64.7 Å². The van der Waals surface area contributed by atoms with Gasteiger partial charge in [-0.2, -0.15) is 0 Å². The zero-order valence-electron chi connectivity index (χ0n) is 12.0. The van der Waals surface area contributed by atoms with E-state index in [0.29, 0.717) is 6.54 Å². The molecule has 0 spiro atoms. The monoisotopic (exact) mass is 283 g/mol. The van der Waals surface area contributed by atoms with Crippen LogP contribution in [-0.2, 0) is 11.3 Å². The molecule has 2 rings (SSSR count). The van der Waals surface area contributed by atoms with E-state index in [1.165, 1.54) is 0 Å². The topological polar surface area (TPSA) is 57.6 Å². The van der Waals surface area contributed by atoms with Crippen LogP contribution in [0, 0.1) is 13.8 Å². The molecule has 2 aromatic carbocycles. The number of aryl methyl sites for hydroxylation is 1. The van der Waals surface area contributed by atoms with Gasteiger partial charge in [-0.1, -0.05) is 24.3 Å². The van der Waals surface area contributed by atoms with Crippen LogP contribution in [0.4, 0.5) is 5.69 Å². The van der Waals surface area contributed by atoms with Crippen molar-refractivity contribution in [2.75, 3.05) is 4.90 Å². The Morgan fingerprint density at radius 1 is 1.14 bits per heavy atom. The number of carboxylic acid groups (broad SMARTS) is 1. The summed E-state index contributed by atoms with van der Waals surface area (Å²) in [5.74, 6) is -0.955. The molecule has 4 heteroatoms. The van der Waals surface area contributed by atoms with Crippen molar-refractivity contribution in [1.29, 1.82) is 0 Å². The van der Waals surface area contributed by atoms with E-state index in [2.05, 4.69) is 0 Å². The zero-order chi connectivity index (χ0) is 15.4. The molecule has 108 valence electrons. The Morgan fingerprint density at radius 2 is 1.81 bits per heavy atom. The maximum atomic E-state index is 11.4. The minimum absolute atomic E-state index is 0.239. The summed E-state index contributed by atoms with van der Waals surface area (Å²) in [6.07, 6.45) is 0.798. The fourth-order valence-corrected chi connectivity index (χ4v) is 2.18. The lowest BCUT2D eigenvalue weighted by atomic mass is 10.1. The van der Waals surface area contributed by atoms with E-state index in [0.717, 1.165) is 28.8 Å². The van der Waals surface area contributed by atoms with Crippen molar-refractivity contribution in [3.8, 4) is 0 Å². The first-order valence-corrected chi connectivity index (χ1v) is 6.63. The second-order valence-electron chi connectivity index (χ2n) is 4.95. The number of benzene rings is 2. The molecule has 0 aliphatic carbocycles. The summed E-state index contributed by atoms with van der Waals surface area (Å²) in [5.41, 5.74) is 4.18. The fraction of sp³-hybridized carbons (Fsp3) is 0.176. The summed E-state index contributed by atoms with van der Waals surface area (Å²) >= 11 is 0. The van der Waals surface area contributed by atoms with E-state index in [-0.39, 0.29) is 5.56 Å². The lowest BCUT2D eigenvalue weighted by Crippen LogP contribution is -2.21. The maximum absolute atomic E-state index is 11.4. The molecule has 2 aromatic rings. The standard InChI is InChI=1S/C17H17NO3/c1-12-4-3-5-16(13(12)2)18(11-19)10-14-6-8-15(9-7-14)17(20)21/h3-9,11H,10H2,1-2H3,(H,20,21). The van der Waals surface area contributed by atoms with Gasteiger partial charge < -0.3 is 10.0 Å². The summed E-state index contributed by atoms with van der Waals surface area (Å²) in [5, 5.41) is 8.88. The highest BCUT2D eigenvalue weighted by molar-refractivity contribution is 5.87. The van der Waals surface area contributed by atoms with Crippen LogP contribution in [0.15, 0.2) is 42.5 Å². The number of hydrogen-bond donors (Lipinski definition) is 1. The van der Waals surface area contributed by atoms with Crippen molar-refractivity contribution >= 4 is 18.1 Å². The Bertz CT molecular complexity index is 662. The molecule has 0 bridgehead atoms. The van der Waals surface area contributed by atoms with E-state index in [4.69, 9.17) is 5.11 Å². The van der Waals surface area contributed by atoms with E-state index >= 15 is 0 Å². The van der Waals surface area contributed by atoms with Crippen LogP contribution < -0.4 is 4.90 Å². The quantitative estimate of drug-likeness (QED) is 0.857. The van der Waals surface area contributed by atoms with Gasteiger partial charge in [-0.3, -0.25) is 4.79 Å². The van der Waals surface area contributed by atoms with Crippen molar-refractivity contribution in [2.24, 2.45) is 0 Å². The minimum atomic E-state index is -0.955. The van der Waals surface area contributed by atoms with Crippen molar-refractivity contribution < 1.29 is 14.7 Å². The normalized spacial score (nSPS) is 10.2. The maximum Gasteiger partial charge on any atom is 0.335 e. The number of amides is 1. The van der Waals surface area contributed by atoms with Gasteiger partial charge in [0.25, 0.3) is 0 Å². The summed E-state index contributed by atoms with van der Waals surface area (Å²) in [6.45, 7) is 4.39. The first kappa shape index (κ1) is 14.8. The molecule has 0 aliphatic rings. The fourth-order valence-electron chi connectivity index (χ4n) is 2.18. The Morgan fingerprint density at radius 3 is 2.38 bits per heavy atom. The summed E-state index contributed by atoms with van der Waals surface area (Å²) < 4.78 is 0. The molecular weight excluding hydrogens is 266 g/mol. The van der Waals surface area contributed by atoms with Crippen molar-refractivity contribution in [3.63, 3.8) is 0 Å². The Hall–Kier alpha value is -2.62. The Kier molecular flexibility index (Phi) is 4.38. The molecular formula is C17H17NO3. The second-order valence-corrected chi connectivity index (χ2v) is 4.95. The molecule has 4 nitrogen and oxygen atoms in total. The largest absolute Gasteiger partial charge is 0.478 e. The number of carbonyl (C=O) groups is 2. The van der Waals surface area contributed by atoms with Gasteiger partial charge in [0.05, 0.1) is 12.1 Å². The van der Waals surface area contributed by atoms with Gasteiger partial charge in [-0.05, 0) is 48.7 Å². The smallest absolute Gasteiger partial charge is 0.335 e. The molecule has 0 unspecified atom stereocenters. The van der Waals surface area contributed by atoms with Gasteiger partial charge in [-0.25, -0.2) is 4.79 Å². The van der Waals surface area contributed by atoms with Crippen LogP contribution in [0.2, 0.25) is 0 Å². The van der Waals surface area contributed by atoms with E-state index in [1.807, 2.05) is 32.0 Å². The summed E-state index contributed by atoms with van der Waals surface area (Å²) in [4.78, 5) is 23.8. The number of nitrogens with zero attached hydrogens (tertiary/aromatic N) is 1. The average molecular weight is 283 g/mol. The molecule has 1 amide bonds. The highest BCUT2D eigenvalue weighted by atomic mass is 16.4. The molecule has 0 heterocycles. The molecule has 0 radical (unpaired) electrons. The highest BCUT2D eigenvalue weighted by Gasteiger charge is 2.10. The number of hydrogen-bond acceptors (Lipinski definition) is 2. The predicted octanol–water partition coefficient (Wildman–Crippen LogP) is 3.16. The first-order chi connectivity index (χ1) is 10.0. The number of carbonyl (C=O) groups excluding carboxylic acids is 1. The van der Waals surface area contributed by atoms with Gasteiger partial charge in [0, 0.05) is 5.69 Å². The third-order valence-corrected chi connectivity index (χ3v) is 3.57. The Labute approximate surface area is 123 Å². The second kappa shape index (κ2) is 6.22. The lowest BCUT2D eigenvalue weighted by molar-refractivity contribution is -0.107. The molecule has 0 saturated heterocycles. The lowest BCUT2D eigenvalue weighted by Gasteiger charge is -2.21. The van der Waals surface area contributed by atoms with Crippen LogP contribution in [0.5, 0.6) is 0 Å². The molecule has 0 saturated carbocycles. The predicted molar refractivity (Wildman–Crippen MR) is 81.6 cm³/mol. The third kappa shape index (κ3) is 3.28. The minimum Gasteiger partial charge on any atom is -0.478 e. The van der Waals surface area contributed by atoms with Gasteiger partial charge in [-0.15, -0.1) is 0 Å². The van der Waals surface area contributed by atoms with Crippen LogP contribution in [0.25, 0.3) is 0 Å². The van der Waals surface area contributed by atoms with E-state index in [9.17, 15) is 9.59 Å². The molecule has 1 N–H and O–H groups in total. The van der Waals surface area contributed by atoms with Crippen LogP contribution in [-0.4, -0.2) is 17.5 Å². The van der Waals surface area contributed by atoms with Crippen LogP contribution in [0.3, 0.4) is 0 Å².